The number of methoxy groups -OCH3 is 2. The SMILES string of the molecule is COc1cc(/C=C2\SC(=S)N(CC(=O)Nc3ccc(O)cc3)C2=O)cc(OC)c1O. The number of benzene rings is 2. The number of thiocarbonyl (C=S) groups is 1. The average molecular weight is 447 g/mol. The fraction of sp³-hybridized carbons (Fsp3) is 0.150. The maximum absolute atomic E-state index is 12.8. The third-order valence-electron chi connectivity index (χ3n) is 4.13. The van der Waals surface area contributed by atoms with Crippen LogP contribution >= 0.6 is 24.0 Å². The Morgan fingerprint density at radius 1 is 1.17 bits per heavy atom. The van der Waals surface area contributed by atoms with Gasteiger partial charge in [-0.25, -0.2) is 0 Å². The van der Waals surface area contributed by atoms with E-state index >= 15 is 0 Å². The molecule has 2 amide bonds. The molecule has 0 saturated carbocycles. The highest BCUT2D eigenvalue weighted by Gasteiger charge is 2.33. The van der Waals surface area contributed by atoms with Crippen LogP contribution in [0.15, 0.2) is 41.3 Å². The second-order valence-electron chi connectivity index (χ2n) is 6.14. The van der Waals surface area contributed by atoms with Gasteiger partial charge in [-0.3, -0.25) is 14.5 Å². The van der Waals surface area contributed by atoms with Crippen molar-refractivity contribution >= 4 is 51.9 Å². The Bertz CT molecular complexity index is 1010. The quantitative estimate of drug-likeness (QED) is 0.353. The molecule has 1 saturated heterocycles. The molecule has 0 spiro atoms. The minimum Gasteiger partial charge on any atom is -0.508 e. The molecule has 1 heterocycles. The molecular weight excluding hydrogens is 428 g/mol. The van der Waals surface area contributed by atoms with Crippen LogP contribution in [0.5, 0.6) is 23.0 Å². The predicted molar refractivity (Wildman–Crippen MR) is 118 cm³/mol. The Hall–Kier alpha value is -3.24. The van der Waals surface area contributed by atoms with E-state index < -0.39 is 11.8 Å². The predicted octanol–water partition coefficient (Wildman–Crippen LogP) is 2.95. The molecule has 0 aliphatic carbocycles. The van der Waals surface area contributed by atoms with Crippen molar-refractivity contribution < 1.29 is 29.3 Å². The summed E-state index contributed by atoms with van der Waals surface area (Å²) in [5.74, 6) is -0.495. The lowest BCUT2D eigenvalue weighted by Gasteiger charge is -2.14. The number of hydrogen-bond donors (Lipinski definition) is 3. The first-order chi connectivity index (χ1) is 14.3. The van der Waals surface area contributed by atoms with Crippen LogP contribution < -0.4 is 14.8 Å². The number of phenols is 2. The zero-order valence-electron chi connectivity index (χ0n) is 16.0. The maximum Gasteiger partial charge on any atom is 0.266 e. The van der Waals surface area contributed by atoms with Crippen molar-refractivity contribution in [3.05, 3.63) is 46.9 Å². The van der Waals surface area contributed by atoms with Gasteiger partial charge in [0, 0.05) is 5.69 Å². The van der Waals surface area contributed by atoms with Crippen LogP contribution in [0.4, 0.5) is 5.69 Å². The van der Waals surface area contributed by atoms with Crippen LogP contribution in [-0.2, 0) is 9.59 Å². The van der Waals surface area contributed by atoms with Crippen molar-refractivity contribution in [3.63, 3.8) is 0 Å². The monoisotopic (exact) mass is 446 g/mol. The van der Waals surface area contributed by atoms with Gasteiger partial charge in [0.15, 0.2) is 11.5 Å². The molecule has 10 heteroatoms. The first-order valence-corrected chi connectivity index (χ1v) is 9.84. The van der Waals surface area contributed by atoms with E-state index in [4.69, 9.17) is 21.7 Å². The van der Waals surface area contributed by atoms with Gasteiger partial charge in [-0.2, -0.15) is 0 Å². The van der Waals surface area contributed by atoms with Gasteiger partial charge in [0.2, 0.25) is 11.7 Å². The summed E-state index contributed by atoms with van der Waals surface area (Å²) < 4.78 is 10.5. The molecule has 0 aromatic heterocycles. The zero-order valence-corrected chi connectivity index (χ0v) is 17.7. The van der Waals surface area contributed by atoms with Gasteiger partial charge in [-0.1, -0.05) is 24.0 Å². The minimum absolute atomic E-state index is 0.0811. The highest BCUT2D eigenvalue weighted by atomic mass is 32.2. The Morgan fingerprint density at radius 2 is 1.77 bits per heavy atom. The van der Waals surface area contributed by atoms with Crippen molar-refractivity contribution in [2.45, 2.75) is 0 Å². The number of ether oxygens (including phenoxy) is 2. The van der Waals surface area contributed by atoms with Gasteiger partial charge < -0.3 is 25.0 Å². The van der Waals surface area contributed by atoms with E-state index in [9.17, 15) is 19.8 Å². The highest BCUT2D eigenvalue weighted by Crippen LogP contribution is 2.39. The number of thioether (sulfide) groups is 1. The molecule has 3 rings (SSSR count). The summed E-state index contributed by atoms with van der Waals surface area (Å²) in [6.07, 6.45) is 1.58. The molecule has 2 aromatic carbocycles. The molecule has 30 heavy (non-hydrogen) atoms. The summed E-state index contributed by atoms with van der Waals surface area (Å²) in [5, 5.41) is 22.0. The van der Waals surface area contributed by atoms with Gasteiger partial charge in [-0.05, 0) is 48.0 Å². The number of carbonyl (C=O) groups excluding carboxylic acids is 2. The summed E-state index contributed by atoms with van der Waals surface area (Å²) in [4.78, 5) is 26.6. The Kier molecular flexibility index (Phi) is 6.48. The van der Waals surface area contributed by atoms with E-state index in [0.717, 1.165) is 11.8 Å². The number of carbonyl (C=O) groups is 2. The van der Waals surface area contributed by atoms with E-state index in [2.05, 4.69) is 5.32 Å². The number of nitrogens with one attached hydrogen (secondary N) is 1. The third kappa shape index (κ3) is 4.66. The fourth-order valence-electron chi connectivity index (χ4n) is 2.67. The Morgan fingerprint density at radius 3 is 2.33 bits per heavy atom. The van der Waals surface area contributed by atoms with Crippen molar-refractivity contribution in [3.8, 4) is 23.0 Å². The first kappa shape index (κ1) is 21.5. The standard InChI is InChI=1S/C20H18N2O6S2/c1-27-14-7-11(8-15(28-2)18(14)25)9-16-19(26)22(20(29)30-16)10-17(24)21-12-3-5-13(23)6-4-12/h3-9,23,25H,10H2,1-2H3,(H,21,24)/b16-9-. The number of rotatable bonds is 6. The van der Waals surface area contributed by atoms with Crippen LogP contribution in [0.1, 0.15) is 5.56 Å². The highest BCUT2D eigenvalue weighted by molar-refractivity contribution is 8.26. The van der Waals surface area contributed by atoms with Crippen molar-refractivity contribution in [2.24, 2.45) is 0 Å². The van der Waals surface area contributed by atoms with Crippen molar-refractivity contribution in [1.29, 1.82) is 0 Å². The topological polar surface area (TPSA) is 108 Å². The van der Waals surface area contributed by atoms with E-state index in [1.165, 1.54) is 31.3 Å². The molecule has 3 N–H and O–H groups in total. The lowest BCUT2D eigenvalue weighted by Crippen LogP contribution is -2.36. The Balaban J connectivity index is 1.75. The van der Waals surface area contributed by atoms with Crippen LogP contribution in [0.3, 0.4) is 0 Å². The molecule has 1 aliphatic rings. The summed E-state index contributed by atoms with van der Waals surface area (Å²) in [5.41, 5.74) is 1.05. The van der Waals surface area contributed by atoms with Gasteiger partial charge in [-0.15, -0.1) is 0 Å². The summed E-state index contributed by atoms with van der Waals surface area (Å²) in [6.45, 7) is -0.245. The second kappa shape index (κ2) is 9.06. The molecule has 2 aromatic rings. The zero-order chi connectivity index (χ0) is 21.8. The number of nitrogens with zero attached hydrogens (tertiary/aromatic N) is 1. The Labute approximate surface area is 182 Å². The lowest BCUT2D eigenvalue weighted by atomic mass is 10.1. The molecule has 0 radical (unpaired) electrons. The molecule has 156 valence electrons. The molecular formula is C20H18N2O6S2. The van der Waals surface area contributed by atoms with Gasteiger partial charge in [0.05, 0.1) is 19.1 Å². The smallest absolute Gasteiger partial charge is 0.266 e. The number of aromatic hydroxyl groups is 2. The maximum atomic E-state index is 12.8. The van der Waals surface area contributed by atoms with Crippen LogP contribution in [0.25, 0.3) is 6.08 Å². The largest absolute Gasteiger partial charge is 0.508 e. The molecule has 1 aliphatic heterocycles. The first-order valence-electron chi connectivity index (χ1n) is 8.61. The molecule has 0 unspecified atom stereocenters. The number of anilines is 1. The molecule has 0 bridgehead atoms. The number of amides is 2. The summed E-state index contributed by atoms with van der Waals surface area (Å²) in [6, 6.07) is 9.09. The van der Waals surface area contributed by atoms with Gasteiger partial charge >= 0.3 is 0 Å². The summed E-state index contributed by atoms with van der Waals surface area (Å²) in [7, 11) is 2.81. The van der Waals surface area contributed by atoms with Crippen LogP contribution in [-0.4, -0.2) is 52.0 Å². The van der Waals surface area contributed by atoms with Crippen molar-refractivity contribution in [2.75, 3.05) is 26.1 Å². The van der Waals surface area contributed by atoms with E-state index in [-0.39, 0.29) is 33.9 Å². The van der Waals surface area contributed by atoms with Gasteiger partial charge in [0.25, 0.3) is 5.91 Å². The van der Waals surface area contributed by atoms with Crippen molar-refractivity contribution in [1.82, 2.24) is 4.90 Å². The van der Waals surface area contributed by atoms with Gasteiger partial charge in [0.1, 0.15) is 16.6 Å². The summed E-state index contributed by atoms with van der Waals surface area (Å²) >= 11 is 6.32. The average Bonchev–Trinajstić information content (AvgIpc) is 2.98. The molecule has 1 fully saturated rings. The molecule has 0 atom stereocenters. The van der Waals surface area contributed by atoms with Crippen LogP contribution in [0, 0.1) is 0 Å². The number of phenolic OH excluding ortho intramolecular Hbond substituents is 2. The molecule has 8 nitrogen and oxygen atoms in total. The number of hydrogen-bond acceptors (Lipinski definition) is 8. The minimum atomic E-state index is -0.425. The second-order valence-corrected chi connectivity index (χ2v) is 7.81. The van der Waals surface area contributed by atoms with Crippen LogP contribution in [0.2, 0.25) is 0 Å². The van der Waals surface area contributed by atoms with E-state index in [1.807, 2.05) is 0 Å². The van der Waals surface area contributed by atoms with E-state index in [1.54, 1.807) is 30.3 Å². The lowest BCUT2D eigenvalue weighted by molar-refractivity contribution is -0.126. The fourth-order valence-corrected chi connectivity index (χ4v) is 3.93. The van der Waals surface area contributed by atoms with E-state index in [0.29, 0.717) is 16.2 Å². The normalized spacial score (nSPS) is 14.9. The third-order valence-corrected chi connectivity index (χ3v) is 5.50.